The van der Waals surface area contributed by atoms with E-state index in [9.17, 15) is 9.18 Å². The molecule has 142 valence electrons. The van der Waals surface area contributed by atoms with Crippen molar-refractivity contribution >= 4 is 32.5 Å². The zero-order chi connectivity index (χ0) is 20.0. The maximum absolute atomic E-state index is 14.1. The fraction of sp³-hybridized carbons (Fsp3) is 0.0870. The summed E-state index contributed by atoms with van der Waals surface area (Å²) in [6.07, 6.45) is 3.21. The average Bonchev–Trinajstić information content (AvgIpc) is 3.08. The van der Waals surface area contributed by atoms with Gasteiger partial charge in [0.25, 0.3) is 5.56 Å². The first-order chi connectivity index (χ1) is 14.1. The molecule has 0 saturated heterocycles. The van der Waals surface area contributed by atoms with Crippen LogP contribution in [0.3, 0.4) is 0 Å². The minimum absolute atomic E-state index is 0.126. The predicted molar refractivity (Wildman–Crippen MR) is 115 cm³/mol. The van der Waals surface area contributed by atoms with E-state index >= 15 is 0 Å². The molecule has 0 amide bonds. The number of aryl methyl sites for hydroxylation is 1. The Kier molecular flexibility index (Phi) is 4.21. The molecule has 0 aliphatic rings. The maximum atomic E-state index is 14.1. The molecule has 0 atom stereocenters. The van der Waals surface area contributed by atoms with Crippen LogP contribution >= 0.6 is 11.3 Å². The van der Waals surface area contributed by atoms with Crippen molar-refractivity contribution in [3.8, 4) is 10.4 Å². The third-order valence-corrected chi connectivity index (χ3v) is 6.29. The van der Waals surface area contributed by atoms with Crippen molar-refractivity contribution in [1.82, 2.24) is 14.5 Å². The first-order valence-corrected chi connectivity index (χ1v) is 10.0. The number of hydrogen-bond acceptors (Lipinski definition) is 4. The maximum Gasteiger partial charge on any atom is 0.262 e. The second-order valence-corrected chi connectivity index (χ2v) is 7.92. The van der Waals surface area contributed by atoms with Crippen LogP contribution in [0.4, 0.5) is 4.39 Å². The Morgan fingerprint density at radius 2 is 1.90 bits per heavy atom. The van der Waals surface area contributed by atoms with Crippen LogP contribution in [0.25, 0.3) is 31.6 Å². The van der Waals surface area contributed by atoms with Gasteiger partial charge in [0.1, 0.15) is 10.6 Å². The number of hydrogen-bond donors (Lipinski definition) is 0. The highest BCUT2D eigenvalue weighted by atomic mass is 32.1. The average molecular weight is 401 g/mol. The molecule has 0 aliphatic heterocycles. The van der Waals surface area contributed by atoms with Crippen LogP contribution in [-0.4, -0.2) is 14.5 Å². The van der Waals surface area contributed by atoms with E-state index in [1.54, 1.807) is 12.3 Å². The molecule has 4 nitrogen and oxygen atoms in total. The summed E-state index contributed by atoms with van der Waals surface area (Å²) in [6, 6.07) is 16.4. The molecule has 0 radical (unpaired) electrons. The van der Waals surface area contributed by atoms with E-state index in [-0.39, 0.29) is 17.9 Å². The fourth-order valence-electron chi connectivity index (χ4n) is 3.67. The van der Waals surface area contributed by atoms with Crippen LogP contribution in [0.5, 0.6) is 0 Å². The SMILES string of the molecule is Cc1c(-c2ccccc2)sc2ncn(Cc3cc(F)cc4cccnc34)c(=O)c12. The minimum Gasteiger partial charge on any atom is -0.294 e. The van der Waals surface area contributed by atoms with E-state index in [0.717, 1.165) is 16.0 Å². The molecular weight excluding hydrogens is 385 g/mol. The molecule has 3 heterocycles. The summed E-state index contributed by atoms with van der Waals surface area (Å²) in [5, 5.41) is 1.33. The van der Waals surface area contributed by atoms with Crippen molar-refractivity contribution < 1.29 is 4.39 Å². The predicted octanol–water partition coefficient (Wildman–Crippen LogP) is 5.17. The number of rotatable bonds is 3. The van der Waals surface area contributed by atoms with E-state index in [4.69, 9.17) is 0 Å². The Bertz CT molecular complexity index is 1420. The highest BCUT2D eigenvalue weighted by Gasteiger charge is 2.16. The summed E-state index contributed by atoms with van der Waals surface area (Å²) in [5.41, 5.74) is 3.21. The van der Waals surface area contributed by atoms with E-state index in [1.807, 2.05) is 43.3 Å². The molecule has 0 saturated carbocycles. The number of halogens is 1. The largest absolute Gasteiger partial charge is 0.294 e. The molecule has 0 aliphatic carbocycles. The summed E-state index contributed by atoms with van der Waals surface area (Å²) in [4.78, 5) is 23.9. The third kappa shape index (κ3) is 3.02. The number of thiophene rings is 1. The molecular formula is C23H16FN3OS. The molecule has 0 fully saturated rings. The van der Waals surface area contributed by atoms with Crippen LogP contribution < -0.4 is 5.56 Å². The minimum atomic E-state index is -0.347. The quantitative estimate of drug-likeness (QED) is 0.419. The zero-order valence-corrected chi connectivity index (χ0v) is 16.4. The number of benzene rings is 2. The highest BCUT2D eigenvalue weighted by molar-refractivity contribution is 7.22. The summed E-state index contributed by atoms with van der Waals surface area (Å²) >= 11 is 1.51. The van der Waals surface area contributed by atoms with E-state index in [0.29, 0.717) is 26.7 Å². The van der Waals surface area contributed by atoms with Crippen molar-refractivity contribution in [2.75, 3.05) is 0 Å². The number of pyridine rings is 1. The molecule has 0 bridgehead atoms. The summed E-state index contributed by atoms with van der Waals surface area (Å²) in [7, 11) is 0. The third-order valence-electron chi connectivity index (χ3n) is 5.04. The van der Waals surface area contributed by atoms with Crippen molar-refractivity contribution in [2.24, 2.45) is 0 Å². The van der Waals surface area contributed by atoms with Crippen molar-refractivity contribution in [3.63, 3.8) is 0 Å². The molecule has 5 rings (SSSR count). The van der Waals surface area contributed by atoms with Gasteiger partial charge in [-0.2, -0.15) is 0 Å². The first kappa shape index (κ1) is 17.7. The number of nitrogens with zero attached hydrogens (tertiary/aromatic N) is 3. The van der Waals surface area contributed by atoms with Gasteiger partial charge in [0, 0.05) is 22.0 Å². The van der Waals surface area contributed by atoms with Crippen LogP contribution in [0.1, 0.15) is 11.1 Å². The first-order valence-electron chi connectivity index (χ1n) is 9.19. The standard InChI is InChI=1S/C23H16FN3OS/c1-14-19-22(29-21(14)15-6-3-2-4-7-15)26-13-27(23(19)28)12-17-11-18(24)10-16-8-5-9-25-20(16)17/h2-11,13H,12H2,1H3. The summed E-state index contributed by atoms with van der Waals surface area (Å²) < 4.78 is 15.6. The van der Waals surface area contributed by atoms with Gasteiger partial charge in [-0.3, -0.25) is 14.3 Å². The molecule has 3 aromatic heterocycles. The van der Waals surface area contributed by atoms with Crippen LogP contribution in [0.15, 0.2) is 71.9 Å². The zero-order valence-electron chi connectivity index (χ0n) is 15.6. The van der Waals surface area contributed by atoms with E-state index in [2.05, 4.69) is 9.97 Å². The fourth-order valence-corrected chi connectivity index (χ4v) is 4.81. The smallest absolute Gasteiger partial charge is 0.262 e. The van der Waals surface area contributed by atoms with Crippen LogP contribution in [0, 0.1) is 12.7 Å². The van der Waals surface area contributed by atoms with Gasteiger partial charge in [-0.15, -0.1) is 11.3 Å². The van der Waals surface area contributed by atoms with Crippen LogP contribution in [0.2, 0.25) is 0 Å². The van der Waals surface area contributed by atoms with Gasteiger partial charge in [0.2, 0.25) is 0 Å². The van der Waals surface area contributed by atoms with Gasteiger partial charge in [-0.1, -0.05) is 36.4 Å². The summed E-state index contributed by atoms with van der Waals surface area (Å²) in [5.74, 6) is -0.347. The summed E-state index contributed by atoms with van der Waals surface area (Å²) in [6.45, 7) is 2.16. The Labute approximate surface area is 169 Å². The Morgan fingerprint density at radius 3 is 2.72 bits per heavy atom. The molecule has 0 N–H and O–H groups in total. The monoisotopic (exact) mass is 401 g/mol. The second-order valence-electron chi connectivity index (χ2n) is 6.92. The number of aromatic nitrogens is 3. The second kappa shape index (κ2) is 6.90. The van der Waals surface area contributed by atoms with E-state index in [1.165, 1.54) is 34.4 Å². The van der Waals surface area contributed by atoms with Gasteiger partial charge >= 0.3 is 0 Å². The van der Waals surface area contributed by atoms with Gasteiger partial charge < -0.3 is 0 Å². The molecule has 0 spiro atoms. The van der Waals surface area contributed by atoms with Crippen molar-refractivity contribution in [2.45, 2.75) is 13.5 Å². The molecule has 0 unspecified atom stereocenters. The highest BCUT2D eigenvalue weighted by Crippen LogP contribution is 2.35. The number of fused-ring (bicyclic) bond motifs is 2. The van der Waals surface area contributed by atoms with Crippen molar-refractivity contribution in [3.05, 3.63) is 94.4 Å². The van der Waals surface area contributed by atoms with Gasteiger partial charge in [-0.25, -0.2) is 9.37 Å². The Hall–Kier alpha value is -3.38. The van der Waals surface area contributed by atoms with Gasteiger partial charge in [-0.05, 0) is 36.2 Å². The van der Waals surface area contributed by atoms with E-state index < -0.39 is 0 Å². The van der Waals surface area contributed by atoms with Gasteiger partial charge in [0.15, 0.2) is 0 Å². The lowest BCUT2D eigenvalue weighted by molar-refractivity contribution is 0.625. The molecule has 29 heavy (non-hydrogen) atoms. The molecule has 2 aromatic carbocycles. The van der Waals surface area contributed by atoms with Gasteiger partial charge in [0.05, 0.1) is 23.8 Å². The Balaban J connectivity index is 1.65. The molecule has 5 aromatic rings. The van der Waals surface area contributed by atoms with Crippen molar-refractivity contribution in [1.29, 1.82) is 0 Å². The van der Waals surface area contributed by atoms with Crippen LogP contribution in [-0.2, 0) is 6.54 Å². The lowest BCUT2D eigenvalue weighted by Crippen LogP contribution is -2.21. The Morgan fingerprint density at radius 1 is 1.07 bits per heavy atom. The molecule has 6 heteroatoms. The topological polar surface area (TPSA) is 47.8 Å². The lowest BCUT2D eigenvalue weighted by Gasteiger charge is -2.09. The lowest BCUT2D eigenvalue weighted by atomic mass is 10.1. The normalized spacial score (nSPS) is 11.4.